The highest BCUT2D eigenvalue weighted by atomic mass is 32.2. The molecule has 0 saturated heterocycles. The number of para-hydroxylation sites is 1. The average molecular weight is 244 g/mol. The van der Waals surface area contributed by atoms with Crippen LogP contribution in [-0.4, -0.2) is 4.92 Å². The second kappa shape index (κ2) is 3.78. The summed E-state index contributed by atoms with van der Waals surface area (Å²) in [5.74, 6) is 0. The number of hydrogen-bond donors (Lipinski definition) is 1. The van der Waals surface area contributed by atoms with Crippen LogP contribution in [0.5, 0.6) is 0 Å². The Hall–Kier alpha value is -2.01. The maximum absolute atomic E-state index is 10.7. The number of nitro benzene ring substituents is 1. The first kappa shape index (κ1) is 10.2. The van der Waals surface area contributed by atoms with Crippen LogP contribution in [0.2, 0.25) is 0 Å². The van der Waals surface area contributed by atoms with Crippen molar-refractivity contribution in [1.29, 1.82) is 0 Å². The molecular formula is C12H8N2O2S. The summed E-state index contributed by atoms with van der Waals surface area (Å²) in [4.78, 5) is 12.3. The highest BCUT2D eigenvalue weighted by Gasteiger charge is 2.17. The predicted octanol–water partition coefficient (Wildman–Crippen LogP) is 3.80. The number of rotatable bonds is 1. The van der Waals surface area contributed by atoms with Gasteiger partial charge in [0.05, 0.1) is 16.3 Å². The van der Waals surface area contributed by atoms with Gasteiger partial charge < -0.3 is 5.32 Å². The van der Waals surface area contributed by atoms with Crippen LogP contribution in [-0.2, 0) is 0 Å². The van der Waals surface area contributed by atoms with Crippen LogP contribution in [0.3, 0.4) is 0 Å². The van der Waals surface area contributed by atoms with Gasteiger partial charge in [-0.3, -0.25) is 10.1 Å². The number of nitrogens with one attached hydrogen (secondary N) is 1. The molecule has 1 aliphatic heterocycles. The predicted molar refractivity (Wildman–Crippen MR) is 66.9 cm³/mol. The molecule has 0 spiro atoms. The fraction of sp³-hybridized carbons (Fsp3) is 0. The third kappa shape index (κ3) is 1.74. The molecule has 1 aliphatic rings. The van der Waals surface area contributed by atoms with Gasteiger partial charge in [0, 0.05) is 21.9 Å². The van der Waals surface area contributed by atoms with E-state index >= 15 is 0 Å². The molecular weight excluding hydrogens is 236 g/mol. The average Bonchev–Trinajstić information content (AvgIpc) is 2.35. The highest BCUT2D eigenvalue weighted by molar-refractivity contribution is 7.99. The molecule has 0 fully saturated rings. The molecule has 0 radical (unpaired) electrons. The van der Waals surface area contributed by atoms with Crippen LogP contribution < -0.4 is 5.32 Å². The SMILES string of the molecule is O=[N+]([O-])c1ccc2c(c1)Sc1ccccc1N2. The summed E-state index contributed by atoms with van der Waals surface area (Å²) in [5, 5.41) is 14.0. The number of fused-ring (bicyclic) bond motifs is 2. The fourth-order valence-electron chi connectivity index (χ4n) is 1.73. The van der Waals surface area contributed by atoms with E-state index in [4.69, 9.17) is 0 Å². The Bertz CT molecular complexity index is 613. The number of nitrogens with zero attached hydrogens (tertiary/aromatic N) is 1. The summed E-state index contributed by atoms with van der Waals surface area (Å²) in [6, 6.07) is 12.8. The molecule has 2 aromatic carbocycles. The van der Waals surface area contributed by atoms with Gasteiger partial charge >= 0.3 is 0 Å². The Balaban J connectivity index is 2.06. The van der Waals surface area contributed by atoms with E-state index < -0.39 is 0 Å². The minimum Gasteiger partial charge on any atom is -0.354 e. The van der Waals surface area contributed by atoms with Crippen LogP contribution in [0.15, 0.2) is 52.3 Å². The molecule has 0 saturated carbocycles. The number of anilines is 2. The Labute approximate surface area is 102 Å². The lowest BCUT2D eigenvalue weighted by molar-refractivity contribution is -0.385. The molecule has 5 heteroatoms. The van der Waals surface area contributed by atoms with Crippen molar-refractivity contribution in [2.45, 2.75) is 9.79 Å². The lowest BCUT2D eigenvalue weighted by Gasteiger charge is -2.19. The van der Waals surface area contributed by atoms with Gasteiger partial charge in [-0.25, -0.2) is 0 Å². The molecule has 4 nitrogen and oxygen atoms in total. The van der Waals surface area contributed by atoms with Crippen LogP contribution in [0, 0.1) is 10.1 Å². The van der Waals surface area contributed by atoms with E-state index in [1.54, 1.807) is 23.9 Å². The van der Waals surface area contributed by atoms with Gasteiger partial charge in [0.15, 0.2) is 0 Å². The van der Waals surface area contributed by atoms with Gasteiger partial charge in [-0.2, -0.15) is 0 Å². The molecule has 0 amide bonds. The summed E-state index contributed by atoms with van der Waals surface area (Å²) < 4.78 is 0. The second-order valence-corrected chi connectivity index (χ2v) is 4.74. The topological polar surface area (TPSA) is 55.2 Å². The Morgan fingerprint density at radius 1 is 1.06 bits per heavy atom. The smallest absolute Gasteiger partial charge is 0.270 e. The zero-order valence-electron chi connectivity index (χ0n) is 8.71. The lowest BCUT2D eigenvalue weighted by Crippen LogP contribution is -2.00. The van der Waals surface area contributed by atoms with E-state index in [-0.39, 0.29) is 10.6 Å². The summed E-state index contributed by atoms with van der Waals surface area (Å²) in [6.07, 6.45) is 0. The van der Waals surface area contributed by atoms with Crippen molar-refractivity contribution in [2.75, 3.05) is 5.32 Å². The standard InChI is InChI=1S/C12H8N2O2S/c15-14(16)8-5-6-10-12(7-8)17-11-4-2-1-3-9(11)13-10/h1-7,13H. The summed E-state index contributed by atoms with van der Waals surface area (Å²) in [5.41, 5.74) is 2.08. The number of benzene rings is 2. The normalized spacial score (nSPS) is 12.2. The summed E-state index contributed by atoms with van der Waals surface area (Å²) in [7, 11) is 0. The number of nitro groups is 1. The highest BCUT2D eigenvalue weighted by Crippen LogP contribution is 2.44. The van der Waals surface area contributed by atoms with Crippen molar-refractivity contribution in [3.05, 3.63) is 52.6 Å². The molecule has 0 unspecified atom stereocenters. The quantitative estimate of drug-likeness (QED) is 0.522. The van der Waals surface area contributed by atoms with Crippen LogP contribution in [0.25, 0.3) is 0 Å². The van der Waals surface area contributed by atoms with Crippen molar-refractivity contribution in [1.82, 2.24) is 0 Å². The van der Waals surface area contributed by atoms with Crippen molar-refractivity contribution in [2.24, 2.45) is 0 Å². The molecule has 17 heavy (non-hydrogen) atoms. The minimum atomic E-state index is -0.374. The minimum absolute atomic E-state index is 0.123. The largest absolute Gasteiger partial charge is 0.354 e. The van der Waals surface area contributed by atoms with Gasteiger partial charge in [-0.1, -0.05) is 23.9 Å². The van der Waals surface area contributed by atoms with E-state index in [1.165, 1.54) is 6.07 Å². The van der Waals surface area contributed by atoms with E-state index in [9.17, 15) is 10.1 Å². The lowest BCUT2D eigenvalue weighted by atomic mass is 10.2. The molecule has 3 rings (SSSR count). The van der Waals surface area contributed by atoms with Crippen LogP contribution in [0.1, 0.15) is 0 Å². The molecule has 1 N–H and O–H groups in total. The molecule has 84 valence electrons. The third-order valence-corrected chi connectivity index (χ3v) is 3.69. The van der Waals surface area contributed by atoms with Gasteiger partial charge in [0.1, 0.15) is 0 Å². The first-order valence-electron chi connectivity index (χ1n) is 5.06. The number of hydrogen-bond acceptors (Lipinski definition) is 4. The van der Waals surface area contributed by atoms with Gasteiger partial charge in [0.2, 0.25) is 0 Å². The maximum Gasteiger partial charge on any atom is 0.270 e. The monoisotopic (exact) mass is 244 g/mol. The fourth-order valence-corrected chi connectivity index (χ4v) is 2.76. The summed E-state index contributed by atoms with van der Waals surface area (Å²) in [6.45, 7) is 0. The molecule has 2 aromatic rings. The van der Waals surface area contributed by atoms with Crippen molar-refractivity contribution in [3.8, 4) is 0 Å². The van der Waals surface area contributed by atoms with E-state index in [0.717, 1.165) is 21.2 Å². The van der Waals surface area contributed by atoms with Crippen LogP contribution in [0.4, 0.5) is 17.1 Å². The van der Waals surface area contributed by atoms with Gasteiger partial charge in [0.25, 0.3) is 5.69 Å². The first-order valence-corrected chi connectivity index (χ1v) is 5.88. The third-order valence-electron chi connectivity index (χ3n) is 2.55. The van der Waals surface area contributed by atoms with Gasteiger partial charge in [-0.15, -0.1) is 0 Å². The number of non-ortho nitro benzene ring substituents is 1. The maximum atomic E-state index is 10.7. The molecule has 0 aliphatic carbocycles. The summed E-state index contributed by atoms with van der Waals surface area (Å²) >= 11 is 1.55. The molecule has 0 bridgehead atoms. The Morgan fingerprint density at radius 2 is 1.82 bits per heavy atom. The Kier molecular flexibility index (Phi) is 2.26. The molecule has 0 aromatic heterocycles. The Morgan fingerprint density at radius 3 is 2.65 bits per heavy atom. The molecule has 0 atom stereocenters. The zero-order valence-corrected chi connectivity index (χ0v) is 9.53. The zero-order chi connectivity index (χ0) is 11.8. The van der Waals surface area contributed by atoms with E-state index in [2.05, 4.69) is 5.32 Å². The van der Waals surface area contributed by atoms with Crippen LogP contribution >= 0.6 is 11.8 Å². The van der Waals surface area contributed by atoms with E-state index in [1.807, 2.05) is 24.3 Å². The first-order chi connectivity index (χ1) is 8.24. The van der Waals surface area contributed by atoms with Crippen molar-refractivity contribution >= 4 is 28.8 Å². The van der Waals surface area contributed by atoms with Gasteiger partial charge in [-0.05, 0) is 18.2 Å². The second-order valence-electron chi connectivity index (χ2n) is 3.66. The molecule has 1 heterocycles. The van der Waals surface area contributed by atoms with Crippen molar-refractivity contribution in [3.63, 3.8) is 0 Å². The van der Waals surface area contributed by atoms with E-state index in [0.29, 0.717) is 0 Å². The van der Waals surface area contributed by atoms with Crippen molar-refractivity contribution < 1.29 is 4.92 Å².